The molecule has 106 valence electrons. The first kappa shape index (κ1) is 13.3. The number of nitro benzene ring substituents is 1. The molecule has 1 aliphatic rings. The summed E-state index contributed by atoms with van der Waals surface area (Å²) in [4.78, 5) is 25.1. The Morgan fingerprint density at radius 3 is 2.71 bits per heavy atom. The number of fused-ring (bicyclic) bond motifs is 1. The number of hydrogen-bond donors (Lipinski definition) is 0. The minimum absolute atomic E-state index is 0.105. The van der Waals surface area contributed by atoms with Crippen molar-refractivity contribution in [1.82, 2.24) is 0 Å². The van der Waals surface area contributed by atoms with E-state index in [1.807, 2.05) is 24.3 Å². The monoisotopic (exact) mass is 282 g/mol. The molecule has 0 fully saturated rings. The molecule has 0 aromatic heterocycles. The van der Waals surface area contributed by atoms with Gasteiger partial charge in [0.15, 0.2) is 0 Å². The summed E-state index contributed by atoms with van der Waals surface area (Å²) in [5, 5.41) is 11.2. The predicted molar refractivity (Wildman–Crippen MR) is 79.7 cm³/mol. The third-order valence-electron chi connectivity index (χ3n) is 3.78. The van der Waals surface area contributed by atoms with Crippen molar-refractivity contribution in [2.75, 3.05) is 11.4 Å². The smallest absolute Gasteiger partial charge is 0.285 e. The molecule has 2 aromatic rings. The number of nitrogens with zero attached hydrogens (tertiary/aromatic N) is 2. The Morgan fingerprint density at radius 2 is 1.95 bits per heavy atom. The summed E-state index contributed by atoms with van der Waals surface area (Å²) < 4.78 is 0. The zero-order valence-corrected chi connectivity index (χ0v) is 11.6. The predicted octanol–water partition coefficient (Wildman–Crippen LogP) is 3.11. The van der Waals surface area contributed by atoms with Crippen LogP contribution in [0.5, 0.6) is 0 Å². The van der Waals surface area contributed by atoms with Gasteiger partial charge in [-0.05, 0) is 31.0 Å². The lowest BCUT2D eigenvalue weighted by Crippen LogP contribution is -2.29. The summed E-state index contributed by atoms with van der Waals surface area (Å²) in [5.74, 6) is -0.310. The molecule has 0 saturated heterocycles. The molecule has 1 heterocycles. The maximum Gasteiger partial charge on any atom is 0.285 e. The maximum atomic E-state index is 12.7. The quantitative estimate of drug-likeness (QED) is 0.628. The number of aryl methyl sites for hydroxylation is 1. The van der Waals surface area contributed by atoms with Gasteiger partial charge in [0.2, 0.25) is 0 Å². The van der Waals surface area contributed by atoms with E-state index in [2.05, 4.69) is 0 Å². The molecule has 5 nitrogen and oxygen atoms in total. The highest BCUT2D eigenvalue weighted by molar-refractivity contribution is 6.10. The third kappa shape index (κ3) is 2.16. The van der Waals surface area contributed by atoms with Gasteiger partial charge in [-0.25, -0.2) is 0 Å². The Morgan fingerprint density at radius 1 is 1.19 bits per heavy atom. The molecule has 0 N–H and O–H groups in total. The number of para-hydroxylation sites is 2. The van der Waals surface area contributed by atoms with Crippen molar-refractivity contribution in [1.29, 1.82) is 0 Å². The summed E-state index contributed by atoms with van der Waals surface area (Å²) >= 11 is 0. The Labute approximate surface area is 122 Å². The van der Waals surface area contributed by atoms with Gasteiger partial charge in [0, 0.05) is 17.8 Å². The Bertz CT molecular complexity index is 740. The van der Waals surface area contributed by atoms with Crippen LogP contribution in [0.25, 0.3) is 0 Å². The van der Waals surface area contributed by atoms with Crippen LogP contribution < -0.4 is 4.90 Å². The molecule has 0 aliphatic carbocycles. The van der Waals surface area contributed by atoms with Crippen LogP contribution >= 0.6 is 0 Å². The Balaban J connectivity index is 2.05. The third-order valence-corrected chi connectivity index (χ3v) is 3.78. The number of carbonyl (C=O) groups excluding carboxylic acids is 1. The first-order valence-electron chi connectivity index (χ1n) is 6.73. The molecule has 2 aromatic carbocycles. The molecule has 1 aliphatic heterocycles. The van der Waals surface area contributed by atoms with Gasteiger partial charge >= 0.3 is 0 Å². The second-order valence-corrected chi connectivity index (χ2v) is 5.06. The van der Waals surface area contributed by atoms with E-state index in [4.69, 9.17) is 0 Å². The van der Waals surface area contributed by atoms with Crippen LogP contribution in [0.4, 0.5) is 11.4 Å². The molecule has 0 bridgehead atoms. The van der Waals surface area contributed by atoms with E-state index < -0.39 is 4.92 Å². The van der Waals surface area contributed by atoms with E-state index in [-0.39, 0.29) is 17.2 Å². The number of nitro groups is 1. The van der Waals surface area contributed by atoms with E-state index >= 15 is 0 Å². The van der Waals surface area contributed by atoms with E-state index in [1.54, 1.807) is 24.0 Å². The van der Waals surface area contributed by atoms with Gasteiger partial charge in [-0.15, -0.1) is 0 Å². The van der Waals surface area contributed by atoms with Crippen molar-refractivity contribution < 1.29 is 9.72 Å². The van der Waals surface area contributed by atoms with E-state index in [1.165, 1.54) is 6.07 Å². The maximum absolute atomic E-state index is 12.7. The lowest BCUT2D eigenvalue weighted by atomic mass is 10.1. The van der Waals surface area contributed by atoms with Gasteiger partial charge in [-0.2, -0.15) is 0 Å². The second-order valence-electron chi connectivity index (χ2n) is 5.06. The van der Waals surface area contributed by atoms with Gasteiger partial charge in [0.25, 0.3) is 11.6 Å². The lowest BCUT2D eigenvalue weighted by Gasteiger charge is -2.17. The Kier molecular flexibility index (Phi) is 3.17. The van der Waals surface area contributed by atoms with Crippen molar-refractivity contribution in [3.63, 3.8) is 0 Å². The van der Waals surface area contributed by atoms with Crippen LogP contribution in [-0.4, -0.2) is 17.4 Å². The van der Waals surface area contributed by atoms with Crippen molar-refractivity contribution >= 4 is 17.3 Å². The molecular weight excluding hydrogens is 268 g/mol. The zero-order valence-electron chi connectivity index (χ0n) is 11.6. The largest absolute Gasteiger partial charge is 0.308 e. The van der Waals surface area contributed by atoms with Crippen molar-refractivity contribution in [3.05, 3.63) is 69.3 Å². The summed E-state index contributed by atoms with van der Waals surface area (Å²) in [6.07, 6.45) is 0.779. The minimum atomic E-state index is -0.482. The van der Waals surface area contributed by atoms with E-state index in [9.17, 15) is 14.9 Å². The highest BCUT2D eigenvalue weighted by Crippen LogP contribution is 2.31. The number of carbonyl (C=O) groups is 1. The van der Waals surface area contributed by atoms with Gasteiger partial charge in [0.05, 0.1) is 4.92 Å². The molecule has 0 unspecified atom stereocenters. The summed E-state index contributed by atoms with van der Waals surface area (Å²) in [6.45, 7) is 2.20. The first-order valence-corrected chi connectivity index (χ1v) is 6.73. The van der Waals surface area contributed by atoms with Crippen LogP contribution in [0.2, 0.25) is 0 Å². The van der Waals surface area contributed by atoms with Crippen molar-refractivity contribution in [3.8, 4) is 0 Å². The van der Waals surface area contributed by atoms with Crippen molar-refractivity contribution in [2.24, 2.45) is 0 Å². The highest BCUT2D eigenvalue weighted by atomic mass is 16.6. The average Bonchev–Trinajstić information content (AvgIpc) is 2.89. The topological polar surface area (TPSA) is 63.5 Å². The molecule has 0 spiro atoms. The fourth-order valence-electron chi connectivity index (χ4n) is 2.77. The number of amides is 1. The van der Waals surface area contributed by atoms with Crippen LogP contribution in [0, 0.1) is 17.0 Å². The van der Waals surface area contributed by atoms with Crippen LogP contribution in [0.1, 0.15) is 21.5 Å². The Hall–Kier alpha value is -2.69. The summed E-state index contributed by atoms with van der Waals surface area (Å²) in [7, 11) is 0. The summed E-state index contributed by atoms with van der Waals surface area (Å²) in [5.41, 5.74) is 2.49. The van der Waals surface area contributed by atoms with Gasteiger partial charge in [-0.3, -0.25) is 14.9 Å². The fraction of sp³-hybridized carbons (Fsp3) is 0.188. The molecule has 1 amide bonds. The molecule has 0 saturated carbocycles. The van der Waals surface area contributed by atoms with Crippen molar-refractivity contribution in [2.45, 2.75) is 13.3 Å². The SMILES string of the molecule is Cc1cccc(C(=O)N2CCc3ccccc32)c1[N+](=O)[O-]. The van der Waals surface area contributed by atoms with Crippen LogP contribution in [0.15, 0.2) is 42.5 Å². The zero-order chi connectivity index (χ0) is 15.0. The fourth-order valence-corrected chi connectivity index (χ4v) is 2.77. The molecule has 3 rings (SSSR count). The number of benzene rings is 2. The lowest BCUT2D eigenvalue weighted by molar-refractivity contribution is -0.385. The summed E-state index contributed by atoms with van der Waals surface area (Å²) in [6, 6.07) is 12.5. The van der Waals surface area contributed by atoms with Gasteiger partial charge in [0.1, 0.15) is 5.56 Å². The standard InChI is InChI=1S/C16H14N2O3/c1-11-5-4-7-13(15(11)18(20)21)16(19)17-10-9-12-6-2-3-8-14(12)17/h2-8H,9-10H2,1H3. The first-order chi connectivity index (χ1) is 10.1. The number of rotatable bonds is 2. The van der Waals surface area contributed by atoms with Gasteiger partial charge < -0.3 is 4.90 Å². The van der Waals surface area contributed by atoms with Gasteiger partial charge in [-0.1, -0.05) is 30.3 Å². The van der Waals surface area contributed by atoms with Crippen LogP contribution in [0.3, 0.4) is 0 Å². The average molecular weight is 282 g/mol. The van der Waals surface area contributed by atoms with E-state index in [0.717, 1.165) is 17.7 Å². The van der Waals surface area contributed by atoms with Crippen LogP contribution in [-0.2, 0) is 6.42 Å². The molecule has 0 atom stereocenters. The molecule has 21 heavy (non-hydrogen) atoms. The highest BCUT2D eigenvalue weighted by Gasteiger charge is 2.30. The molecule has 0 radical (unpaired) electrons. The second kappa shape index (κ2) is 5.01. The number of hydrogen-bond acceptors (Lipinski definition) is 3. The van der Waals surface area contributed by atoms with E-state index in [0.29, 0.717) is 12.1 Å². The molecule has 5 heteroatoms. The minimum Gasteiger partial charge on any atom is -0.308 e. The normalized spacial score (nSPS) is 13.1. The number of anilines is 1. The molecular formula is C16H14N2O3.